The fraction of sp³-hybridized carbons (Fsp3) is 0.316. The highest BCUT2D eigenvalue weighted by Crippen LogP contribution is 2.45. The molecular weight excluding hydrogens is 304 g/mol. The minimum absolute atomic E-state index is 0.250. The zero-order chi connectivity index (χ0) is 17.2. The maximum absolute atomic E-state index is 12.5. The van der Waals surface area contributed by atoms with Crippen LogP contribution in [0.2, 0.25) is 0 Å². The van der Waals surface area contributed by atoms with Gasteiger partial charge in [-0.05, 0) is 37.5 Å². The normalized spacial score (nSPS) is 14.6. The molecule has 5 nitrogen and oxygen atoms in total. The van der Waals surface area contributed by atoms with E-state index in [1.54, 1.807) is 32.4 Å². The van der Waals surface area contributed by atoms with Gasteiger partial charge in [-0.2, -0.15) is 0 Å². The minimum Gasteiger partial charge on any atom is -0.497 e. The maximum atomic E-state index is 12.5. The van der Waals surface area contributed by atoms with E-state index in [0.29, 0.717) is 17.2 Å². The molecule has 0 aliphatic heterocycles. The van der Waals surface area contributed by atoms with Gasteiger partial charge in [0, 0.05) is 6.07 Å². The molecule has 0 aromatic heterocycles. The van der Waals surface area contributed by atoms with Gasteiger partial charge in [0.2, 0.25) is 0 Å². The van der Waals surface area contributed by atoms with Crippen LogP contribution >= 0.6 is 0 Å². The van der Waals surface area contributed by atoms with Crippen LogP contribution in [-0.4, -0.2) is 20.3 Å². The fourth-order valence-electron chi connectivity index (χ4n) is 2.77. The van der Waals surface area contributed by atoms with Crippen molar-refractivity contribution in [3.8, 4) is 11.5 Å². The Hall–Kier alpha value is -2.69. The number of hydrogen-bond donors (Lipinski definition) is 2. The van der Waals surface area contributed by atoms with Crippen LogP contribution in [-0.2, 0) is 5.54 Å². The van der Waals surface area contributed by atoms with Crippen molar-refractivity contribution in [2.75, 3.05) is 19.5 Å². The highest BCUT2D eigenvalue weighted by molar-refractivity contribution is 5.92. The average Bonchev–Trinajstić information content (AvgIpc) is 3.35. The number of methoxy groups -OCH3 is 2. The standard InChI is InChI=1S/C19H22N2O3/c1-13-4-6-14(7-5-13)19(10-11-19)21-18(22)20-16-12-15(23-2)8-9-17(16)24-3/h4-9,12H,10-11H2,1-3H3,(H2,20,21,22). The molecular formula is C19H22N2O3. The van der Waals surface area contributed by atoms with E-state index in [1.807, 2.05) is 0 Å². The Bertz CT molecular complexity index is 737. The van der Waals surface area contributed by atoms with Crippen LogP contribution in [0.25, 0.3) is 0 Å². The average molecular weight is 326 g/mol. The lowest BCUT2D eigenvalue weighted by Crippen LogP contribution is -2.38. The van der Waals surface area contributed by atoms with Gasteiger partial charge < -0.3 is 20.1 Å². The summed E-state index contributed by atoms with van der Waals surface area (Å²) < 4.78 is 10.5. The number of carbonyl (C=O) groups is 1. The number of benzene rings is 2. The minimum atomic E-state index is -0.260. The van der Waals surface area contributed by atoms with E-state index in [-0.39, 0.29) is 11.6 Å². The highest BCUT2D eigenvalue weighted by atomic mass is 16.5. The Labute approximate surface area is 142 Å². The molecule has 24 heavy (non-hydrogen) atoms. The van der Waals surface area contributed by atoms with Gasteiger partial charge in [-0.15, -0.1) is 0 Å². The number of hydrogen-bond acceptors (Lipinski definition) is 3. The van der Waals surface area contributed by atoms with Crippen molar-refractivity contribution in [3.05, 3.63) is 53.6 Å². The molecule has 5 heteroatoms. The second-order valence-corrected chi connectivity index (χ2v) is 6.09. The Morgan fingerprint density at radius 3 is 2.33 bits per heavy atom. The van der Waals surface area contributed by atoms with E-state index >= 15 is 0 Å². The highest BCUT2D eigenvalue weighted by Gasteiger charge is 2.45. The summed E-state index contributed by atoms with van der Waals surface area (Å²) in [4.78, 5) is 12.5. The van der Waals surface area contributed by atoms with Crippen molar-refractivity contribution in [2.24, 2.45) is 0 Å². The smallest absolute Gasteiger partial charge is 0.320 e. The van der Waals surface area contributed by atoms with E-state index in [1.165, 1.54) is 5.56 Å². The van der Waals surface area contributed by atoms with Gasteiger partial charge in [-0.1, -0.05) is 29.8 Å². The molecule has 1 saturated carbocycles. The number of ether oxygens (including phenoxy) is 2. The summed E-state index contributed by atoms with van der Waals surface area (Å²) in [7, 11) is 3.15. The Morgan fingerprint density at radius 1 is 1.04 bits per heavy atom. The molecule has 1 fully saturated rings. The molecule has 2 amide bonds. The van der Waals surface area contributed by atoms with E-state index < -0.39 is 0 Å². The Balaban J connectivity index is 1.73. The van der Waals surface area contributed by atoms with Crippen molar-refractivity contribution < 1.29 is 14.3 Å². The van der Waals surface area contributed by atoms with Gasteiger partial charge in [0.05, 0.1) is 25.4 Å². The molecule has 126 valence electrons. The number of rotatable bonds is 5. The van der Waals surface area contributed by atoms with Gasteiger partial charge in [-0.3, -0.25) is 0 Å². The predicted molar refractivity (Wildman–Crippen MR) is 93.8 cm³/mol. The van der Waals surface area contributed by atoms with Crippen LogP contribution < -0.4 is 20.1 Å². The summed E-state index contributed by atoms with van der Waals surface area (Å²) in [6.45, 7) is 2.05. The Kier molecular flexibility index (Phi) is 4.34. The lowest BCUT2D eigenvalue weighted by atomic mass is 10.0. The van der Waals surface area contributed by atoms with Crippen molar-refractivity contribution in [1.29, 1.82) is 0 Å². The van der Waals surface area contributed by atoms with Gasteiger partial charge in [0.15, 0.2) is 0 Å². The lowest BCUT2D eigenvalue weighted by molar-refractivity contribution is 0.247. The molecule has 3 rings (SSSR count). The molecule has 2 N–H and O–H groups in total. The molecule has 1 aliphatic rings. The Morgan fingerprint density at radius 2 is 1.75 bits per heavy atom. The van der Waals surface area contributed by atoms with Gasteiger partial charge in [0.1, 0.15) is 11.5 Å². The van der Waals surface area contributed by atoms with Crippen LogP contribution in [0.4, 0.5) is 10.5 Å². The zero-order valence-corrected chi connectivity index (χ0v) is 14.2. The molecule has 0 radical (unpaired) electrons. The molecule has 0 heterocycles. The van der Waals surface area contributed by atoms with E-state index in [2.05, 4.69) is 41.8 Å². The van der Waals surface area contributed by atoms with Crippen LogP contribution in [0.5, 0.6) is 11.5 Å². The van der Waals surface area contributed by atoms with Crippen LogP contribution in [0, 0.1) is 6.92 Å². The summed E-state index contributed by atoms with van der Waals surface area (Å²) in [5.41, 5.74) is 2.67. The summed E-state index contributed by atoms with van der Waals surface area (Å²) in [6.07, 6.45) is 1.89. The van der Waals surface area contributed by atoms with Crippen LogP contribution in [0.3, 0.4) is 0 Å². The molecule has 2 aromatic carbocycles. The predicted octanol–water partition coefficient (Wildman–Crippen LogP) is 3.82. The lowest BCUT2D eigenvalue weighted by Gasteiger charge is -2.19. The van der Waals surface area contributed by atoms with Crippen LogP contribution in [0.1, 0.15) is 24.0 Å². The van der Waals surface area contributed by atoms with Gasteiger partial charge in [0.25, 0.3) is 0 Å². The number of anilines is 1. The summed E-state index contributed by atoms with van der Waals surface area (Å²) in [5.74, 6) is 1.25. The maximum Gasteiger partial charge on any atom is 0.320 e. The van der Waals surface area contributed by atoms with Crippen molar-refractivity contribution >= 4 is 11.7 Å². The number of urea groups is 1. The number of carbonyl (C=O) groups excluding carboxylic acids is 1. The molecule has 0 spiro atoms. The summed E-state index contributed by atoms with van der Waals surface area (Å²) in [6, 6.07) is 13.3. The van der Waals surface area contributed by atoms with Crippen LogP contribution in [0.15, 0.2) is 42.5 Å². The molecule has 0 atom stereocenters. The summed E-state index contributed by atoms with van der Waals surface area (Å²) in [5, 5.41) is 5.95. The van der Waals surface area contributed by atoms with E-state index in [4.69, 9.17) is 9.47 Å². The number of nitrogens with one attached hydrogen (secondary N) is 2. The SMILES string of the molecule is COc1ccc(OC)c(NC(=O)NC2(c3ccc(C)cc3)CC2)c1. The second kappa shape index (κ2) is 6.43. The molecule has 0 unspecified atom stereocenters. The first kappa shape index (κ1) is 16.2. The third-order valence-electron chi connectivity index (χ3n) is 4.36. The third-order valence-corrected chi connectivity index (χ3v) is 4.36. The van der Waals surface area contributed by atoms with Gasteiger partial charge in [-0.25, -0.2) is 4.79 Å². The fourth-order valence-corrected chi connectivity index (χ4v) is 2.77. The first-order valence-corrected chi connectivity index (χ1v) is 7.95. The number of amides is 2. The quantitative estimate of drug-likeness (QED) is 0.878. The zero-order valence-electron chi connectivity index (χ0n) is 14.2. The first-order chi connectivity index (χ1) is 11.6. The monoisotopic (exact) mass is 326 g/mol. The first-order valence-electron chi connectivity index (χ1n) is 7.95. The number of aryl methyl sites for hydroxylation is 1. The van der Waals surface area contributed by atoms with Gasteiger partial charge >= 0.3 is 6.03 Å². The van der Waals surface area contributed by atoms with E-state index in [9.17, 15) is 4.79 Å². The second-order valence-electron chi connectivity index (χ2n) is 6.09. The molecule has 0 saturated heterocycles. The summed E-state index contributed by atoms with van der Waals surface area (Å²) >= 11 is 0. The molecule has 2 aromatic rings. The van der Waals surface area contributed by atoms with Crippen molar-refractivity contribution in [2.45, 2.75) is 25.3 Å². The molecule has 0 bridgehead atoms. The largest absolute Gasteiger partial charge is 0.497 e. The van der Waals surface area contributed by atoms with Crippen molar-refractivity contribution in [3.63, 3.8) is 0 Å². The van der Waals surface area contributed by atoms with Crippen molar-refractivity contribution in [1.82, 2.24) is 5.32 Å². The molecule has 1 aliphatic carbocycles. The topological polar surface area (TPSA) is 59.6 Å². The third kappa shape index (κ3) is 3.30. The van der Waals surface area contributed by atoms with E-state index in [0.717, 1.165) is 18.4 Å².